The van der Waals surface area contributed by atoms with Gasteiger partial charge >= 0.3 is 0 Å². The molecule has 4 rings (SSSR count). The van der Waals surface area contributed by atoms with Crippen molar-refractivity contribution >= 4 is 16.8 Å². The number of fused-ring (bicyclic) bond motifs is 1. The van der Waals surface area contributed by atoms with Gasteiger partial charge in [-0.1, -0.05) is 43.3 Å². The predicted molar refractivity (Wildman–Crippen MR) is 105 cm³/mol. The van der Waals surface area contributed by atoms with Crippen molar-refractivity contribution in [2.45, 2.75) is 26.3 Å². The Morgan fingerprint density at radius 2 is 2.04 bits per heavy atom. The fourth-order valence-corrected chi connectivity index (χ4v) is 3.81. The lowest BCUT2D eigenvalue weighted by atomic mass is 10.0. The zero-order valence-electron chi connectivity index (χ0n) is 15.4. The lowest BCUT2D eigenvalue weighted by Gasteiger charge is -2.23. The summed E-state index contributed by atoms with van der Waals surface area (Å²) in [7, 11) is 1.96. The molecular weight excluding hydrogens is 322 g/mol. The third-order valence-corrected chi connectivity index (χ3v) is 5.21. The van der Waals surface area contributed by atoms with Crippen molar-refractivity contribution in [3.05, 3.63) is 65.7 Å². The Morgan fingerprint density at radius 1 is 1.23 bits per heavy atom. The van der Waals surface area contributed by atoms with Gasteiger partial charge in [0.1, 0.15) is 5.69 Å². The zero-order chi connectivity index (χ0) is 18.3. The number of aryl methyl sites for hydroxylation is 2. The van der Waals surface area contributed by atoms with E-state index in [1.807, 2.05) is 47.0 Å². The number of carbonyl (C=O) groups is 1. The molecule has 0 spiro atoms. The Bertz CT molecular complexity index is 1020. The highest BCUT2D eigenvalue weighted by atomic mass is 16.2. The van der Waals surface area contributed by atoms with Crippen molar-refractivity contribution in [1.82, 2.24) is 14.7 Å². The first kappa shape index (κ1) is 16.6. The molecule has 1 atom stereocenters. The molecular formula is C22H23N3O. The molecule has 26 heavy (non-hydrogen) atoms. The average molecular weight is 345 g/mol. The van der Waals surface area contributed by atoms with Crippen molar-refractivity contribution in [1.29, 1.82) is 0 Å². The van der Waals surface area contributed by atoms with E-state index in [2.05, 4.69) is 38.1 Å². The summed E-state index contributed by atoms with van der Waals surface area (Å²) < 4.78 is 1.91. The Balaban J connectivity index is 1.77. The molecule has 3 aromatic rings. The van der Waals surface area contributed by atoms with Crippen molar-refractivity contribution < 1.29 is 4.79 Å². The third kappa shape index (κ3) is 2.62. The molecule has 0 aliphatic carbocycles. The van der Waals surface area contributed by atoms with Crippen LogP contribution in [0.1, 0.15) is 29.3 Å². The van der Waals surface area contributed by atoms with Crippen LogP contribution in [0.3, 0.4) is 0 Å². The van der Waals surface area contributed by atoms with Crippen molar-refractivity contribution in [3.63, 3.8) is 0 Å². The number of benzene rings is 2. The van der Waals surface area contributed by atoms with Crippen LogP contribution in [0, 0.1) is 6.92 Å². The quantitative estimate of drug-likeness (QED) is 0.662. The van der Waals surface area contributed by atoms with Gasteiger partial charge in [-0.3, -0.25) is 9.48 Å². The van der Waals surface area contributed by atoms with Crippen molar-refractivity contribution in [2.75, 3.05) is 6.54 Å². The average Bonchev–Trinajstić information content (AvgIpc) is 3.27. The van der Waals surface area contributed by atoms with Crippen LogP contribution >= 0.6 is 0 Å². The van der Waals surface area contributed by atoms with Gasteiger partial charge in [0.15, 0.2) is 0 Å². The van der Waals surface area contributed by atoms with E-state index in [4.69, 9.17) is 5.10 Å². The third-order valence-electron chi connectivity index (χ3n) is 5.21. The maximum atomic E-state index is 13.0. The number of rotatable bonds is 3. The minimum absolute atomic E-state index is 0.0839. The Morgan fingerprint density at radius 3 is 2.85 bits per heavy atom. The number of nitrogens with zero attached hydrogens (tertiary/aromatic N) is 3. The molecule has 4 nitrogen and oxygen atoms in total. The molecule has 2 heterocycles. The fraction of sp³-hybridized carbons (Fsp3) is 0.273. The van der Waals surface area contributed by atoms with E-state index in [1.165, 1.54) is 5.56 Å². The Kier molecular flexibility index (Phi) is 4.11. The van der Waals surface area contributed by atoms with Gasteiger partial charge in [-0.25, -0.2) is 0 Å². The summed E-state index contributed by atoms with van der Waals surface area (Å²) >= 11 is 0. The summed E-state index contributed by atoms with van der Waals surface area (Å²) in [6, 6.07) is 14.3. The Hall–Kier alpha value is -2.88. The first-order valence-electron chi connectivity index (χ1n) is 9.10. The molecule has 0 unspecified atom stereocenters. The lowest BCUT2D eigenvalue weighted by Crippen LogP contribution is -2.35. The van der Waals surface area contributed by atoms with Gasteiger partial charge < -0.3 is 4.90 Å². The number of aromatic nitrogens is 2. The van der Waals surface area contributed by atoms with E-state index in [-0.39, 0.29) is 11.9 Å². The number of hydrogen-bond acceptors (Lipinski definition) is 2. The standard InChI is InChI=1S/C22H23N3O/c1-4-18-11-7-13-25(18)22(26)17-10-6-9-16(14-17)21-20-15(2)8-5-12-19(20)24(3)23-21/h5-12,14,18H,4,13H2,1-3H3/t18-/m0/s1. The minimum atomic E-state index is 0.0839. The fourth-order valence-electron chi connectivity index (χ4n) is 3.81. The molecule has 0 N–H and O–H groups in total. The summed E-state index contributed by atoms with van der Waals surface area (Å²) in [4.78, 5) is 14.9. The number of hydrogen-bond donors (Lipinski definition) is 0. The van der Waals surface area contributed by atoms with E-state index in [1.54, 1.807) is 0 Å². The SMILES string of the molecule is CC[C@H]1C=CCN1C(=O)c1cccc(-c2nn(C)c3cccc(C)c23)c1. The van der Waals surface area contributed by atoms with E-state index < -0.39 is 0 Å². The van der Waals surface area contributed by atoms with Crippen LogP contribution in [0.15, 0.2) is 54.6 Å². The van der Waals surface area contributed by atoms with Crippen LogP contribution < -0.4 is 0 Å². The monoisotopic (exact) mass is 345 g/mol. The molecule has 1 aliphatic heterocycles. The van der Waals surface area contributed by atoms with Crippen LogP contribution in [0.2, 0.25) is 0 Å². The van der Waals surface area contributed by atoms with E-state index in [9.17, 15) is 4.79 Å². The minimum Gasteiger partial charge on any atom is -0.329 e. The van der Waals surface area contributed by atoms with Gasteiger partial charge in [0.05, 0.1) is 11.6 Å². The van der Waals surface area contributed by atoms with Crippen LogP contribution in [-0.4, -0.2) is 33.2 Å². The lowest BCUT2D eigenvalue weighted by molar-refractivity contribution is 0.0747. The van der Waals surface area contributed by atoms with Gasteiger partial charge in [-0.2, -0.15) is 5.10 Å². The molecule has 0 fully saturated rings. The molecule has 1 amide bonds. The molecule has 0 radical (unpaired) electrons. The highest BCUT2D eigenvalue weighted by Crippen LogP contribution is 2.31. The van der Waals surface area contributed by atoms with Crippen LogP contribution in [0.5, 0.6) is 0 Å². The molecule has 0 saturated carbocycles. The summed E-state index contributed by atoms with van der Waals surface area (Å²) in [5.41, 5.74) is 4.93. The molecule has 132 valence electrons. The predicted octanol–water partition coefficient (Wildman–Crippen LogP) is 4.34. The van der Waals surface area contributed by atoms with Gasteiger partial charge in [0.25, 0.3) is 5.91 Å². The van der Waals surface area contributed by atoms with Gasteiger partial charge in [-0.15, -0.1) is 0 Å². The van der Waals surface area contributed by atoms with Crippen LogP contribution in [-0.2, 0) is 7.05 Å². The molecule has 0 bridgehead atoms. The highest BCUT2D eigenvalue weighted by Gasteiger charge is 2.24. The van der Waals surface area contributed by atoms with Gasteiger partial charge in [0.2, 0.25) is 0 Å². The van der Waals surface area contributed by atoms with E-state index >= 15 is 0 Å². The summed E-state index contributed by atoms with van der Waals surface area (Å²) in [6.07, 6.45) is 5.13. The zero-order valence-corrected chi connectivity index (χ0v) is 15.4. The van der Waals surface area contributed by atoms with Gasteiger partial charge in [-0.05, 0) is 37.1 Å². The first-order chi connectivity index (χ1) is 12.6. The molecule has 2 aromatic carbocycles. The number of amides is 1. The summed E-state index contributed by atoms with van der Waals surface area (Å²) in [5.74, 6) is 0.0839. The van der Waals surface area contributed by atoms with E-state index in [0.29, 0.717) is 6.54 Å². The van der Waals surface area contributed by atoms with E-state index in [0.717, 1.165) is 34.1 Å². The smallest absolute Gasteiger partial charge is 0.254 e. The molecule has 4 heteroatoms. The Labute approximate surface area is 153 Å². The summed E-state index contributed by atoms with van der Waals surface area (Å²) in [6.45, 7) is 4.90. The molecule has 0 saturated heterocycles. The normalized spacial score (nSPS) is 16.6. The largest absolute Gasteiger partial charge is 0.329 e. The van der Waals surface area contributed by atoms with Crippen LogP contribution in [0.4, 0.5) is 0 Å². The number of carbonyl (C=O) groups excluding carboxylic acids is 1. The van der Waals surface area contributed by atoms with Crippen molar-refractivity contribution in [2.24, 2.45) is 7.05 Å². The molecule has 1 aromatic heterocycles. The maximum Gasteiger partial charge on any atom is 0.254 e. The first-order valence-corrected chi connectivity index (χ1v) is 9.10. The second kappa shape index (κ2) is 6.45. The maximum absolute atomic E-state index is 13.0. The van der Waals surface area contributed by atoms with Gasteiger partial charge in [0, 0.05) is 30.1 Å². The topological polar surface area (TPSA) is 38.1 Å². The van der Waals surface area contributed by atoms with Crippen molar-refractivity contribution in [3.8, 4) is 11.3 Å². The molecule has 1 aliphatic rings. The second-order valence-corrected chi connectivity index (χ2v) is 6.88. The second-order valence-electron chi connectivity index (χ2n) is 6.88. The van der Waals surface area contributed by atoms with Crippen LogP contribution in [0.25, 0.3) is 22.2 Å². The summed E-state index contributed by atoms with van der Waals surface area (Å²) in [5, 5.41) is 5.88. The highest BCUT2D eigenvalue weighted by molar-refractivity contribution is 5.99.